The first-order chi connectivity index (χ1) is 10.0. The van der Waals surface area contributed by atoms with Crippen LogP contribution < -0.4 is 15.8 Å². The van der Waals surface area contributed by atoms with Gasteiger partial charge < -0.3 is 20.7 Å². The molecule has 0 saturated carbocycles. The van der Waals surface area contributed by atoms with Gasteiger partial charge in [0.15, 0.2) is 6.61 Å². The molecule has 3 rings (SSSR count). The van der Waals surface area contributed by atoms with E-state index in [4.69, 9.17) is 10.5 Å². The van der Waals surface area contributed by atoms with Crippen molar-refractivity contribution in [1.29, 1.82) is 0 Å². The van der Waals surface area contributed by atoms with E-state index in [9.17, 15) is 9.59 Å². The van der Waals surface area contributed by atoms with Crippen LogP contribution in [0.2, 0.25) is 0 Å². The predicted octanol–water partition coefficient (Wildman–Crippen LogP) is 0.828. The maximum atomic E-state index is 12.5. The third-order valence-corrected chi connectivity index (χ3v) is 4.20. The molecule has 1 fully saturated rings. The van der Waals surface area contributed by atoms with Crippen molar-refractivity contribution in [3.05, 3.63) is 23.8 Å². The lowest BCUT2D eigenvalue weighted by atomic mass is 9.90. The lowest BCUT2D eigenvalue weighted by Crippen LogP contribution is -2.34. The van der Waals surface area contributed by atoms with Gasteiger partial charge in [-0.1, -0.05) is 6.92 Å². The van der Waals surface area contributed by atoms with Gasteiger partial charge in [0.2, 0.25) is 0 Å². The summed E-state index contributed by atoms with van der Waals surface area (Å²) in [5, 5.41) is 2.72. The van der Waals surface area contributed by atoms with E-state index < -0.39 is 0 Å². The fourth-order valence-electron chi connectivity index (χ4n) is 2.76. The molecule has 6 heteroatoms. The number of likely N-dealkylation sites (tertiary alicyclic amines) is 1. The average Bonchev–Trinajstić information content (AvgIpc) is 2.89. The molecule has 2 aliphatic heterocycles. The largest absolute Gasteiger partial charge is 0.482 e. The molecule has 1 unspecified atom stereocenters. The zero-order valence-corrected chi connectivity index (χ0v) is 12.0. The van der Waals surface area contributed by atoms with Crippen molar-refractivity contribution >= 4 is 17.5 Å². The molecule has 6 nitrogen and oxygen atoms in total. The van der Waals surface area contributed by atoms with Crippen LogP contribution in [0.3, 0.4) is 0 Å². The number of nitrogens with two attached hydrogens (primary N) is 1. The summed E-state index contributed by atoms with van der Waals surface area (Å²) in [6.45, 7) is 4.07. The SMILES string of the molecule is CC1(CN)CCN(C(=O)c2ccc3c(c2)NC(=O)CO3)C1. The van der Waals surface area contributed by atoms with E-state index in [-0.39, 0.29) is 23.8 Å². The molecule has 0 radical (unpaired) electrons. The Morgan fingerprint density at radius 1 is 1.52 bits per heavy atom. The van der Waals surface area contributed by atoms with E-state index in [1.165, 1.54) is 0 Å². The molecule has 21 heavy (non-hydrogen) atoms. The highest BCUT2D eigenvalue weighted by atomic mass is 16.5. The highest BCUT2D eigenvalue weighted by molar-refractivity contribution is 6.00. The van der Waals surface area contributed by atoms with Crippen LogP contribution in [0.5, 0.6) is 5.75 Å². The van der Waals surface area contributed by atoms with Gasteiger partial charge >= 0.3 is 0 Å². The molecular weight excluding hydrogens is 270 g/mol. The fraction of sp³-hybridized carbons (Fsp3) is 0.467. The predicted molar refractivity (Wildman–Crippen MR) is 78.2 cm³/mol. The van der Waals surface area contributed by atoms with Gasteiger partial charge in [-0.3, -0.25) is 9.59 Å². The molecule has 0 aromatic heterocycles. The minimum Gasteiger partial charge on any atom is -0.482 e. The molecule has 2 amide bonds. The molecule has 1 aromatic rings. The Bertz CT molecular complexity index is 602. The number of nitrogens with zero attached hydrogens (tertiary/aromatic N) is 1. The van der Waals surface area contributed by atoms with Crippen molar-refractivity contribution in [3.8, 4) is 5.75 Å². The van der Waals surface area contributed by atoms with E-state index in [0.717, 1.165) is 6.42 Å². The minimum absolute atomic E-state index is 0.00119. The van der Waals surface area contributed by atoms with Gasteiger partial charge in [0.05, 0.1) is 5.69 Å². The third-order valence-electron chi connectivity index (χ3n) is 4.20. The van der Waals surface area contributed by atoms with Crippen LogP contribution in [-0.2, 0) is 4.79 Å². The number of rotatable bonds is 2. The van der Waals surface area contributed by atoms with Crippen LogP contribution >= 0.6 is 0 Å². The summed E-state index contributed by atoms with van der Waals surface area (Å²) >= 11 is 0. The first-order valence-corrected chi connectivity index (χ1v) is 7.07. The van der Waals surface area contributed by atoms with Crippen LogP contribution in [0.1, 0.15) is 23.7 Å². The standard InChI is InChI=1S/C15H19N3O3/c1-15(8-16)4-5-18(9-15)14(20)10-2-3-12-11(6-10)17-13(19)7-21-12/h2-3,6H,4-5,7-9,16H2,1H3,(H,17,19). The van der Waals surface area contributed by atoms with Crippen LogP contribution in [-0.4, -0.2) is 43.0 Å². The van der Waals surface area contributed by atoms with Gasteiger partial charge in [-0.05, 0) is 36.6 Å². The van der Waals surface area contributed by atoms with Gasteiger partial charge in [0.1, 0.15) is 5.75 Å². The molecule has 112 valence electrons. The van der Waals surface area contributed by atoms with Crippen molar-refractivity contribution in [2.24, 2.45) is 11.1 Å². The molecule has 0 aliphatic carbocycles. The number of nitrogens with one attached hydrogen (secondary N) is 1. The molecule has 1 atom stereocenters. The number of carbonyl (C=O) groups is 2. The van der Waals surface area contributed by atoms with Crippen molar-refractivity contribution in [1.82, 2.24) is 4.90 Å². The van der Waals surface area contributed by atoms with Gasteiger partial charge in [-0.25, -0.2) is 0 Å². The zero-order valence-electron chi connectivity index (χ0n) is 12.0. The number of amides is 2. The first kappa shape index (κ1) is 13.9. The van der Waals surface area contributed by atoms with Gasteiger partial charge in [-0.2, -0.15) is 0 Å². The summed E-state index contributed by atoms with van der Waals surface area (Å²) in [5.74, 6) is 0.359. The second-order valence-corrected chi connectivity index (χ2v) is 6.04. The summed E-state index contributed by atoms with van der Waals surface area (Å²) < 4.78 is 5.29. The molecule has 0 spiro atoms. The van der Waals surface area contributed by atoms with E-state index in [0.29, 0.717) is 36.6 Å². The number of fused-ring (bicyclic) bond motifs is 1. The normalized spacial score (nSPS) is 24.3. The first-order valence-electron chi connectivity index (χ1n) is 7.07. The average molecular weight is 289 g/mol. The Balaban J connectivity index is 1.80. The zero-order chi connectivity index (χ0) is 15.0. The van der Waals surface area contributed by atoms with Crippen LogP contribution in [0.4, 0.5) is 5.69 Å². The maximum absolute atomic E-state index is 12.5. The molecule has 1 aromatic carbocycles. The van der Waals surface area contributed by atoms with Gasteiger partial charge in [-0.15, -0.1) is 0 Å². The number of carbonyl (C=O) groups excluding carboxylic acids is 2. The summed E-state index contributed by atoms with van der Waals surface area (Å²) in [4.78, 5) is 25.7. The maximum Gasteiger partial charge on any atom is 0.262 e. The Hall–Kier alpha value is -2.08. The minimum atomic E-state index is -0.205. The fourth-order valence-corrected chi connectivity index (χ4v) is 2.76. The summed E-state index contributed by atoms with van der Waals surface area (Å²) in [5.41, 5.74) is 6.88. The lowest BCUT2D eigenvalue weighted by molar-refractivity contribution is -0.118. The van der Waals surface area contributed by atoms with Gasteiger partial charge in [0, 0.05) is 18.7 Å². The Morgan fingerprint density at radius 2 is 2.33 bits per heavy atom. The number of ether oxygens (including phenoxy) is 1. The topological polar surface area (TPSA) is 84.7 Å². The van der Waals surface area contributed by atoms with Crippen molar-refractivity contribution in [2.75, 3.05) is 31.6 Å². The highest BCUT2D eigenvalue weighted by Gasteiger charge is 2.35. The summed E-state index contributed by atoms with van der Waals surface area (Å²) in [6, 6.07) is 5.13. The van der Waals surface area contributed by atoms with E-state index in [1.54, 1.807) is 18.2 Å². The van der Waals surface area contributed by atoms with E-state index in [1.807, 2.05) is 4.90 Å². The Kier molecular flexibility index (Phi) is 3.33. The number of anilines is 1. The smallest absolute Gasteiger partial charge is 0.262 e. The lowest BCUT2D eigenvalue weighted by Gasteiger charge is -2.23. The van der Waals surface area contributed by atoms with Crippen LogP contribution in [0.25, 0.3) is 0 Å². The number of benzene rings is 1. The van der Waals surface area contributed by atoms with Gasteiger partial charge in [0.25, 0.3) is 11.8 Å². The molecule has 0 bridgehead atoms. The monoisotopic (exact) mass is 289 g/mol. The second kappa shape index (κ2) is 5.04. The molecule has 1 saturated heterocycles. The van der Waals surface area contributed by atoms with E-state index >= 15 is 0 Å². The molecule has 2 heterocycles. The highest BCUT2D eigenvalue weighted by Crippen LogP contribution is 2.32. The molecule has 3 N–H and O–H groups in total. The quantitative estimate of drug-likeness (QED) is 0.844. The van der Waals surface area contributed by atoms with Crippen molar-refractivity contribution < 1.29 is 14.3 Å². The third kappa shape index (κ3) is 2.58. The van der Waals surface area contributed by atoms with Crippen LogP contribution in [0, 0.1) is 5.41 Å². The Labute approximate surface area is 123 Å². The van der Waals surface area contributed by atoms with Crippen LogP contribution in [0.15, 0.2) is 18.2 Å². The second-order valence-electron chi connectivity index (χ2n) is 6.04. The van der Waals surface area contributed by atoms with Crippen molar-refractivity contribution in [3.63, 3.8) is 0 Å². The number of hydrogen-bond acceptors (Lipinski definition) is 4. The molecular formula is C15H19N3O3. The Morgan fingerprint density at radius 3 is 3.05 bits per heavy atom. The molecule has 2 aliphatic rings. The van der Waals surface area contributed by atoms with Crippen molar-refractivity contribution in [2.45, 2.75) is 13.3 Å². The summed E-state index contributed by atoms with van der Waals surface area (Å²) in [6.07, 6.45) is 0.917. The van der Waals surface area contributed by atoms with E-state index in [2.05, 4.69) is 12.2 Å². The number of hydrogen-bond donors (Lipinski definition) is 2. The summed E-state index contributed by atoms with van der Waals surface area (Å²) in [7, 11) is 0.